The molecule has 120 valence electrons. The van der Waals surface area contributed by atoms with Gasteiger partial charge in [0.2, 0.25) is 0 Å². The van der Waals surface area contributed by atoms with Crippen LogP contribution in [-0.4, -0.2) is 33.7 Å². The van der Waals surface area contributed by atoms with Gasteiger partial charge in [-0.15, -0.1) is 11.3 Å². The molecule has 0 aliphatic rings. The Labute approximate surface area is 139 Å². The van der Waals surface area contributed by atoms with Gasteiger partial charge in [-0.3, -0.25) is 0 Å². The first kappa shape index (κ1) is 15.6. The quantitative estimate of drug-likeness (QED) is 0.690. The summed E-state index contributed by atoms with van der Waals surface area (Å²) in [6, 6.07) is 3.86. The summed E-state index contributed by atoms with van der Waals surface area (Å²) in [5, 5.41) is 7.14. The maximum Gasteiger partial charge on any atom is 0.258 e. The zero-order valence-corrected chi connectivity index (χ0v) is 14.2. The van der Waals surface area contributed by atoms with E-state index in [1.165, 1.54) is 0 Å². The highest BCUT2D eigenvalue weighted by Crippen LogP contribution is 2.23. The number of likely N-dealkylation sites (N-methyl/N-ethyl adjacent to an activating group) is 1. The highest BCUT2D eigenvalue weighted by molar-refractivity contribution is 7.09. The average molecular weight is 329 g/mol. The minimum Gasteiger partial charge on any atom is -0.359 e. The number of thiazole rings is 1. The number of hydrogen-bond acceptors (Lipinski definition) is 7. The van der Waals surface area contributed by atoms with Gasteiger partial charge < -0.3 is 9.42 Å². The molecule has 0 fully saturated rings. The van der Waals surface area contributed by atoms with Crippen LogP contribution >= 0.6 is 11.3 Å². The summed E-state index contributed by atoms with van der Waals surface area (Å²) >= 11 is 1.67. The second-order valence-corrected chi connectivity index (χ2v) is 6.59. The van der Waals surface area contributed by atoms with E-state index < -0.39 is 0 Å². The van der Waals surface area contributed by atoms with Crippen molar-refractivity contribution >= 4 is 17.2 Å². The first-order chi connectivity index (χ1) is 11.1. The summed E-state index contributed by atoms with van der Waals surface area (Å²) < 4.78 is 5.35. The molecule has 0 spiro atoms. The first-order valence-electron chi connectivity index (χ1n) is 7.53. The fourth-order valence-corrected chi connectivity index (χ4v) is 2.71. The molecular formula is C16H19N5OS. The fourth-order valence-electron chi connectivity index (χ4n) is 2.10. The van der Waals surface area contributed by atoms with Gasteiger partial charge in [-0.2, -0.15) is 4.98 Å². The molecule has 0 saturated carbocycles. The zero-order chi connectivity index (χ0) is 16.2. The van der Waals surface area contributed by atoms with Crippen LogP contribution in [0.25, 0.3) is 11.5 Å². The molecule has 3 rings (SSSR count). The molecule has 3 aromatic heterocycles. The van der Waals surface area contributed by atoms with E-state index in [2.05, 4.69) is 25.0 Å². The van der Waals surface area contributed by atoms with Crippen molar-refractivity contribution in [3.05, 3.63) is 40.7 Å². The van der Waals surface area contributed by atoms with Gasteiger partial charge in [0.05, 0.1) is 5.01 Å². The molecule has 3 heterocycles. The predicted octanol–water partition coefficient (Wildman–Crippen LogP) is 3.39. The van der Waals surface area contributed by atoms with E-state index >= 15 is 0 Å². The monoisotopic (exact) mass is 329 g/mol. The van der Waals surface area contributed by atoms with Crippen molar-refractivity contribution in [2.24, 2.45) is 0 Å². The van der Waals surface area contributed by atoms with E-state index in [4.69, 9.17) is 4.52 Å². The molecular weight excluding hydrogens is 310 g/mol. The van der Waals surface area contributed by atoms with Crippen LogP contribution in [0.3, 0.4) is 0 Å². The van der Waals surface area contributed by atoms with E-state index in [0.29, 0.717) is 5.89 Å². The summed E-state index contributed by atoms with van der Waals surface area (Å²) in [7, 11) is 2.02. The largest absolute Gasteiger partial charge is 0.359 e. The molecule has 0 atom stereocenters. The summed E-state index contributed by atoms with van der Waals surface area (Å²) in [5.74, 6) is 2.37. The maximum atomic E-state index is 5.35. The molecule has 0 aromatic carbocycles. The third-order valence-electron chi connectivity index (χ3n) is 3.49. The summed E-state index contributed by atoms with van der Waals surface area (Å²) in [4.78, 5) is 15.3. The molecule has 3 aromatic rings. The summed E-state index contributed by atoms with van der Waals surface area (Å²) in [5.41, 5.74) is 0.885. The standard InChI is InChI=1S/C16H19N5OS/c1-11(2)15-19-16(22-20-15)12-4-6-17-13(10-12)21(3)8-5-14-18-7-9-23-14/h4,6-7,9-11H,5,8H2,1-3H3. The number of hydrogen-bond donors (Lipinski definition) is 0. The highest BCUT2D eigenvalue weighted by atomic mass is 32.1. The van der Waals surface area contributed by atoms with Crippen LogP contribution in [0.5, 0.6) is 0 Å². The third kappa shape index (κ3) is 3.73. The van der Waals surface area contributed by atoms with E-state index in [-0.39, 0.29) is 5.92 Å². The topological polar surface area (TPSA) is 67.9 Å². The number of aromatic nitrogens is 4. The Morgan fingerprint density at radius 2 is 2.13 bits per heavy atom. The fraction of sp³-hybridized carbons (Fsp3) is 0.375. The lowest BCUT2D eigenvalue weighted by atomic mass is 10.2. The molecule has 0 N–H and O–H groups in total. The Hall–Kier alpha value is -2.28. The lowest BCUT2D eigenvalue weighted by Crippen LogP contribution is -2.21. The van der Waals surface area contributed by atoms with Crippen molar-refractivity contribution in [2.45, 2.75) is 26.2 Å². The Bertz CT molecular complexity index is 753. The van der Waals surface area contributed by atoms with Crippen molar-refractivity contribution in [2.75, 3.05) is 18.5 Å². The number of rotatable bonds is 6. The molecule has 7 heteroatoms. The van der Waals surface area contributed by atoms with Crippen LogP contribution in [0.2, 0.25) is 0 Å². The van der Waals surface area contributed by atoms with Crippen molar-refractivity contribution in [3.63, 3.8) is 0 Å². The zero-order valence-electron chi connectivity index (χ0n) is 13.4. The Morgan fingerprint density at radius 3 is 2.83 bits per heavy atom. The lowest BCUT2D eigenvalue weighted by Gasteiger charge is -2.17. The van der Waals surface area contributed by atoms with Crippen molar-refractivity contribution in [1.29, 1.82) is 0 Å². The number of nitrogens with zero attached hydrogens (tertiary/aromatic N) is 5. The van der Waals surface area contributed by atoms with Gasteiger partial charge in [0, 0.05) is 49.3 Å². The van der Waals surface area contributed by atoms with Gasteiger partial charge in [0.25, 0.3) is 5.89 Å². The van der Waals surface area contributed by atoms with Gasteiger partial charge in [0.15, 0.2) is 5.82 Å². The van der Waals surface area contributed by atoms with E-state index in [0.717, 1.165) is 35.2 Å². The minimum atomic E-state index is 0.245. The smallest absolute Gasteiger partial charge is 0.258 e. The van der Waals surface area contributed by atoms with Crippen LogP contribution in [0.4, 0.5) is 5.82 Å². The van der Waals surface area contributed by atoms with E-state index in [1.807, 2.05) is 44.6 Å². The van der Waals surface area contributed by atoms with Gasteiger partial charge in [-0.05, 0) is 12.1 Å². The first-order valence-corrected chi connectivity index (χ1v) is 8.41. The second kappa shape index (κ2) is 6.87. The average Bonchev–Trinajstić information content (AvgIpc) is 3.24. The summed E-state index contributed by atoms with van der Waals surface area (Å²) in [6.07, 6.45) is 4.50. The molecule has 23 heavy (non-hydrogen) atoms. The SMILES string of the molecule is CC(C)c1noc(-c2ccnc(N(C)CCc3nccs3)c2)n1. The molecule has 0 radical (unpaired) electrons. The minimum absolute atomic E-state index is 0.245. The Balaban J connectivity index is 1.73. The van der Waals surface area contributed by atoms with E-state index in [9.17, 15) is 0 Å². The summed E-state index contributed by atoms with van der Waals surface area (Å²) in [6.45, 7) is 4.93. The van der Waals surface area contributed by atoms with Gasteiger partial charge in [0.1, 0.15) is 5.82 Å². The molecule has 0 aliphatic heterocycles. The lowest BCUT2D eigenvalue weighted by molar-refractivity contribution is 0.419. The van der Waals surface area contributed by atoms with Crippen LogP contribution in [0, 0.1) is 0 Å². The van der Waals surface area contributed by atoms with Crippen LogP contribution < -0.4 is 4.90 Å². The van der Waals surface area contributed by atoms with Crippen LogP contribution in [0.1, 0.15) is 30.6 Å². The maximum absolute atomic E-state index is 5.35. The van der Waals surface area contributed by atoms with Crippen LogP contribution in [0.15, 0.2) is 34.4 Å². The van der Waals surface area contributed by atoms with Gasteiger partial charge in [-0.25, -0.2) is 9.97 Å². The highest BCUT2D eigenvalue weighted by Gasteiger charge is 2.13. The van der Waals surface area contributed by atoms with Crippen LogP contribution in [-0.2, 0) is 6.42 Å². The second-order valence-electron chi connectivity index (χ2n) is 5.61. The van der Waals surface area contributed by atoms with Crippen molar-refractivity contribution < 1.29 is 4.52 Å². The Morgan fingerprint density at radius 1 is 1.26 bits per heavy atom. The van der Waals surface area contributed by atoms with Gasteiger partial charge in [-0.1, -0.05) is 19.0 Å². The molecule has 0 aliphatic carbocycles. The predicted molar refractivity (Wildman–Crippen MR) is 90.7 cm³/mol. The van der Waals surface area contributed by atoms with Crippen molar-refractivity contribution in [3.8, 4) is 11.5 Å². The normalized spacial score (nSPS) is 11.1. The number of anilines is 1. The van der Waals surface area contributed by atoms with E-state index in [1.54, 1.807) is 17.5 Å². The van der Waals surface area contributed by atoms with Crippen molar-refractivity contribution in [1.82, 2.24) is 20.1 Å². The van der Waals surface area contributed by atoms with Gasteiger partial charge >= 0.3 is 0 Å². The molecule has 0 amide bonds. The Kier molecular flexibility index (Phi) is 4.66. The molecule has 0 unspecified atom stereocenters. The third-order valence-corrected chi connectivity index (χ3v) is 4.33. The number of pyridine rings is 1. The molecule has 0 saturated heterocycles. The molecule has 6 nitrogen and oxygen atoms in total. The molecule has 0 bridgehead atoms.